The Morgan fingerprint density at radius 2 is 2.05 bits per heavy atom. The van der Waals surface area contributed by atoms with Gasteiger partial charge in [0.15, 0.2) is 0 Å². The van der Waals surface area contributed by atoms with Crippen LogP contribution in [0, 0.1) is 13.8 Å². The number of carbonyl (C=O) groups excluding carboxylic acids is 1. The molecule has 1 amide bonds. The van der Waals surface area contributed by atoms with Gasteiger partial charge in [0.25, 0.3) is 0 Å². The summed E-state index contributed by atoms with van der Waals surface area (Å²) in [6.45, 7) is 10.2. The van der Waals surface area contributed by atoms with E-state index < -0.39 is 0 Å². The van der Waals surface area contributed by atoms with E-state index in [0.29, 0.717) is 6.42 Å². The average Bonchev–Trinajstić information content (AvgIpc) is 2.71. The van der Waals surface area contributed by atoms with E-state index in [4.69, 9.17) is 0 Å². The van der Waals surface area contributed by atoms with E-state index in [1.807, 2.05) is 25.6 Å². The van der Waals surface area contributed by atoms with E-state index in [1.54, 1.807) is 0 Å². The van der Waals surface area contributed by atoms with Crippen molar-refractivity contribution in [1.29, 1.82) is 0 Å². The van der Waals surface area contributed by atoms with Gasteiger partial charge in [-0.2, -0.15) is 5.10 Å². The maximum absolute atomic E-state index is 12.0. The number of nitrogens with zero attached hydrogens (tertiary/aromatic N) is 3. The molecule has 1 aromatic rings. The normalized spacial score (nSPS) is 16.1. The van der Waals surface area contributed by atoms with Crippen molar-refractivity contribution in [2.24, 2.45) is 7.05 Å². The molecule has 0 atom stereocenters. The molecular weight excluding hydrogens is 266 g/mol. The molecule has 0 bridgehead atoms. The van der Waals surface area contributed by atoms with Gasteiger partial charge in [-0.05, 0) is 26.8 Å². The lowest BCUT2D eigenvalue weighted by Gasteiger charge is -2.27. The van der Waals surface area contributed by atoms with Crippen LogP contribution in [0.5, 0.6) is 0 Å². The second kappa shape index (κ2) is 7.56. The van der Waals surface area contributed by atoms with Gasteiger partial charge < -0.3 is 15.5 Å². The third-order valence-corrected chi connectivity index (χ3v) is 4.18. The Kier molecular flexibility index (Phi) is 5.76. The van der Waals surface area contributed by atoms with Crippen LogP contribution in [-0.2, 0) is 18.3 Å². The topological polar surface area (TPSA) is 62.2 Å². The lowest BCUT2D eigenvalue weighted by molar-refractivity contribution is -0.120. The summed E-state index contributed by atoms with van der Waals surface area (Å²) in [5.74, 6) is 0.0921. The molecule has 0 spiro atoms. The Balaban J connectivity index is 1.67. The van der Waals surface area contributed by atoms with Crippen LogP contribution >= 0.6 is 0 Å². The van der Waals surface area contributed by atoms with E-state index in [9.17, 15) is 4.79 Å². The molecule has 2 N–H and O–H groups in total. The van der Waals surface area contributed by atoms with Gasteiger partial charge in [-0.25, -0.2) is 0 Å². The van der Waals surface area contributed by atoms with Crippen LogP contribution in [-0.4, -0.2) is 59.9 Å². The van der Waals surface area contributed by atoms with Gasteiger partial charge in [-0.3, -0.25) is 9.48 Å². The Morgan fingerprint density at radius 3 is 2.67 bits per heavy atom. The molecule has 0 saturated carbocycles. The molecule has 1 saturated heterocycles. The minimum absolute atomic E-state index is 0.0921. The summed E-state index contributed by atoms with van der Waals surface area (Å²) in [6, 6.07) is 0. The number of aryl methyl sites for hydroxylation is 2. The number of rotatable bonds is 6. The highest BCUT2D eigenvalue weighted by atomic mass is 16.1. The average molecular weight is 293 g/mol. The minimum atomic E-state index is 0.0921. The molecule has 0 aromatic carbocycles. The summed E-state index contributed by atoms with van der Waals surface area (Å²) in [7, 11) is 1.91. The molecule has 6 nitrogen and oxygen atoms in total. The highest BCUT2D eigenvalue weighted by Crippen LogP contribution is 2.12. The number of nitrogens with one attached hydrogen (secondary N) is 2. The summed E-state index contributed by atoms with van der Waals surface area (Å²) in [4.78, 5) is 14.4. The first-order valence-corrected chi connectivity index (χ1v) is 7.77. The number of carbonyl (C=O) groups is 1. The van der Waals surface area contributed by atoms with Crippen LogP contribution in [0.1, 0.15) is 23.4 Å². The largest absolute Gasteiger partial charge is 0.356 e. The van der Waals surface area contributed by atoms with Crippen LogP contribution in [0.15, 0.2) is 0 Å². The summed E-state index contributed by atoms with van der Waals surface area (Å²) in [6.07, 6.45) is 1.44. The first kappa shape index (κ1) is 16.0. The van der Waals surface area contributed by atoms with Crippen molar-refractivity contribution in [3.05, 3.63) is 17.0 Å². The Morgan fingerprint density at radius 1 is 1.33 bits per heavy atom. The van der Waals surface area contributed by atoms with Gasteiger partial charge in [0.1, 0.15) is 0 Å². The monoisotopic (exact) mass is 293 g/mol. The molecule has 21 heavy (non-hydrogen) atoms. The van der Waals surface area contributed by atoms with Crippen LogP contribution in [0.3, 0.4) is 0 Å². The number of hydrogen-bond acceptors (Lipinski definition) is 4. The molecule has 118 valence electrons. The lowest BCUT2D eigenvalue weighted by atomic mass is 10.1. The molecule has 0 radical (unpaired) electrons. The van der Waals surface area contributed by atoms with Crippen molar-refractivity contribution in [3.8, 4) is 0 Å². The molecule has 1 aliphatic rings. The Bertz CT molecular complexity index is 477. The molecular formula is C15H27N5O. The molecule has 2 heterocycles. The van der Waals surface area contributed by atoms with Crippen molar-refractivity contribution in [2.45, 2.75) is 26.7 Å². The zero-order valence-electron chi connectivity index (χ0n) is 13.4. The summed E-state index contributed by atoms with van der Waals surface area (Å²) in [5.41, 5.74) is 3.08. The minimum Gasteiger partial charge on any atom is -0.356 e. The van der Waals surface area contributed by atoms with Crippen LogP contribution in [0.25, 0.3) is 0 Å². The number of hydrogen-bond donors (Lipinski definition) is 2. The quantitative estimate of drug-likeness (QED) is 0.724. The van der Waals surface area contributed by atoms with E-state index in [1.165, 1.54) is 0 Å². The van der Waals surface area contributed by atoms with Gasteiger partial charge in [-0.15, -0.1) is 0 Å². The molecule has 0 unspecified atom stereocenters. The van der Waals surface area contributed by atoms with Gasteiger partial charge in [0.05, 0.1) is 12.1 Å². The fraction of sp³-hybridized carbons (Fsp3) is 0.733. The van der Waals surface area contributed by atoms with Gasteiger partial charge in [-0.1, -0.05) is 0 Å². The molecule has 1 fully saturated rings. The summed E-state index contributed by atoms with van der Waals surface area (Å²) < 4.78 is 1.84. The Labute approximate surface area is 126 Å². The van der Waals surface area contributed by atoms with Gasteiger partial charge >= 0.3 is 0 Å². The standard InChI is InChI=1S/C15H27N5O/c1-12-14(13(2)19(3)18-12)11-15(21)17-5-4-8-20-9-6-16-7-10-20/h16H,4-11H2,1-3H3,(H,17,21). The number of piperazine rings is 1. The molecule has 1 aliphatic heterocycles. The first-order chi connectivity index (χ1) is 10.1. The van der Waals surface area contributed by atoms with Crippen molar-refractivity contribution >= 4 is 5.91 Å². The fourth-order valence-corrected chi connectivity index (χ4v) is 2.76. The number of amides is 1. The third-order valence-electron chi connectivity index (χ3n) is 4.18. The van der Waals surface area contributed by atoms with E-state index >= 15 is 0 Å². The predicted octanol–water partition coefficient (Wildman–Crippen LogP) is -0.00906. The van der Waals surface area contributed by atoms with Crippen LogP contribution in [0.4, 0.5) is 0 Å². The van der Waals surface area contributed by atoms with Crippen molar-refractivity contribution in [3.63, 3.8) is 0 Å². The summed E-state index contributed by atoms with van der Waals surface area (Å²) >= 11 is 0. The predicted molar refractivity (Wildman–Crippen MR) is 83.3 cm³/mol. The highest BCUT2D eigenvalue weighted by Gasteiger charge is 2.13. The highest BCUT2D eigenvalue weighted by molar-refractivity contribution is 5.79. The second-order valence-electron chi connectivity index (χ2n) is 5.74. The van der Waals surface area contributed by atoms with Crippen molar-refractivity contribution < 1.29 is 4.79 Å². The zero-order valence-corrected chi connectivity index (χ0v) is 13.4. The SMILES string of the molecule is Cc1nn(C)c(C)c1CC(=O)NCCCN1CCNCC1. The van der Waals surface area contributed by atoms with Crippen molar-refractivity contribution in [2.75, 3.05) is 39.3 Å². The van der Waals surface area contributed by atoms with Crippen molar-refractivity contribution in [1.82, 2.24) is 25.3 Å². The van der Waals surface area contributed by atoms with E-state index in [2.05, 4.69) is 20.6 Å². The maximum Gasteiger partial charge on any atom is 0.224 e. The van der Waals surface area contributed by atoms with Crippen LogP contribution in [0.2, 0.25) is 0 Å². The third kappa shape index (κ3) is 4.54. The van der Waals surface area contributed by atoms with Crippen LogP contribution < -0.4 is 10.6 Å². The van der Waals surface area contributed by atoms with E-state index in [0.717, 1.165) is 62.6 Å². The molecule has 2 rings (SSSR count). The van der Waals surface area contributed by atoms with Gasteiger partial charge in [0, 0.05) is 51.0 Å². The van der Waals surface area contributed by atoms with Gasteiger partial charge in [0.2, 0.25) is 5.91 Å². The fourth-order valence-electron chi connectivity index (χ4n) is 2.76. The molecule has 6 heteroatoms. The second-order valence-corrected chi connectivity index (χ2v) is 5.74. The smallest absolute Gasteiger partial charge is 0.224 e. The zero-order chi connectivity index (χ0) is 15.2. The Hall–Kier alpha value is -1.40. The summed E-state index contributed by atoms with van der Waals surface area (Å²) in [5, 5.41) is 10.7. The molecule has 0 aliphatic carbocycles. The van der Waals surface area contributed by atoms with E-state index in [-0.39, 0.29) is 5.91 Å². The lowest BCUT2D eigenvalue weighted by Crippen LogP contribution is -2.44. The molecule has 1 aromatic heterocycles. The maximum atomic E-state index is 12.0. The number of aromatic nitrogens is 2. The first-order valence-electron chi connectivity index (χ1n) is 7.77.